The van der Waals surface area contributed by atoms with E-state index >= 15 is 0 Å². The number of benzene rings is 2. The molecule has 136 valence electrons. The lowest BCUT2D eigenvalue weighted by Gasteiger charge is -2.21. The molecule has 0 bridgehead atoms. The van der Waals surface area contributed by atoms with Crippen molar-refractivity contribution >= 4 is 16.8 Å². The van der Waals surface area contributed by atoms with E-state index in [-0.39, 0.29) is 17.5 Å². The molecule has 1 atom stereocenters. The zero-order valence-corrected chi connectivity index (χ0v) is 15.1. The van der Waals surface area contributed by atoms with Crippen LogP contribution in [0.25, 0.3) is 11.0 Å². The van der Waals surface area contributed by atoms with Crippen LogP contribution in [0.4, 0.5) is 0 Å². The number of carbonyl (C=O) groups excluding carboxylic acids is 1. The second-order valence-electron chi connectivity index (χ2n) is 6.77. The summed E-state index contributed by atoms with van der Waals surface area (Å²) >= 11 is 0. The molecule has 0 fully saturated rings. The van der Waals surface area contributed by atoms with E-state index in [1.54, 1.807) is 18.2 Å². The molecule has 4 heteroatoms. The highest BCUT2D eigenvalue weighted by Crippen LogP contribution is 2.32. The number of hydrogen-bond acceptors (Lipinski definition) is 4. The van der Waals surface area contributed by atoms with Crippen LogP contribution >= 0.6 is 0 Å². The number of ether oxygens (including phenoxy) is 1. The van der Waals surface area contributed by atoms with Crippen LogP contribution in [0.2, 0.25) is 0 Å². The first-order chi connectivity index (χ1) is 13.1. The molecule has 0 amide bonds. The Labute approximate surface area is 157 Å². The molecule has 0 saturated carbocycles. The van der Waals surface area contributed by atoms with Gasteiger partial charge in [0.05, 0.1) is 0 Å². The number of ketones is 1. The quantitative estimate of drug-likeness (QED) is 0.380. The normalized spacial score (nSPS) is 16.4. The maximum Gasteiger partial charge on any atom is 0.336 e. The van der Waals surface area contributed by atoms with E-state index < -0.39 is 5.63 Å². The third-order valence-corrected chi connectivity index (χ3v) is 4.83. The Balaban J connectivity index is 1.91. The fourth-order valence-electron chi connectivity index (χ4n) is 3.46. The summed E-state index contributed by atoms with van der Waals surface area (Å²) in [4.78, 5) is 25.3. The van der Waals surface area contributed by atoms with Gasteiger partial charge >= 0.3 is 5.63 Å². The standard InChI is InChI=1S/C23H20O4/c1-15-14-20(24)27-23-18(15)12-13-19(26-17-10-6-3-7-11-17)21(23)22(25)16-8-4-2-5-9-16/h2,4-6,8-10,12-14,17H,3,7,11H2,1H3. The Kier molecular flexibility index (Phi) is 4.63. The first-order valence-electron chi connectivity index (χ1n) is 9.14. The number of rotatable bonds is 4. The highest BCUT2D eigenvalue weighted by molar-refractivity contribution is 6.17. The fraction of sp³-hybridized carbons (Fsp3) is 0.217. The van der Waals surface area contributed by atoms with E-state index in [9.17, 15) is 9.59 Å². The molecule has 1 aliphatic carbocycles. The Hall–Kier alpha value is -3.14. The van der Waals surface area contributed by atoms with E-state index in [1.165, 1.54) is 6.07 Å². The molecule has 1 heterocycles. The summed E-state index contributed by atoms with van der Waals surface area (Å²) in [5.41, 5.74) is 1.41. The predicted octanol–water partition coefficient (Wildman–Crippen LogP) is 4.82. The van der Waals surface area contributed by atoms with Crippen LogP contribution in [-0.2, 0) is 0 Å². The molecule has 3 aromatic rings. The van der Waals surface area contributed by atoms with E-state index in [0.29, 0.717) is 16.9 Å². The van der Waals surface area contributed by atoms with Crippen molar-refractivity contribution in [2.45, 2.75) is 32.3 Å². The van der Waals surface area contributed by atoms with Crippen molar-refractivity contribution in [1.82, 2.24) is 0 Å². The van der Waals surface area contributed by atoms with Crippen molar-refractivity contribution in [2.75, 3.05) is 0 Å². The molecule has 0 radical (unpaired) electrons. The Morgan fingerprint density at radius 2 is 1.96 bits per heavy atom. The smallest absolute Gasteiger partial charge is 0.336 e. The predicted molar refractivity (Wildman–Crippen MR) is 105 cm³/mol. The summed E-state index contributed by atoms with van der Waals surface area (Å²) < 4.78 is 11.6. The summed E-state index contributed by atoms with van der Waals surface area (Å²) in [6, 6.07) is 14.1. The SMILES string of the molecule is Cc1cc(=O)oc2c(C(=O)c3ccccc3)c(OC3C=CCCC3)ccc12. The molecule has 1 aliphatic rings. The van der Waals surface area contributed by atoms with Gasteiger partial charge in [-0.2, -0.15) is 0 Å². The lowest BCUT2D eigenvalue weighted by Crippen LogP contribution is -2.18. The lowest BCUT2D eigenvalue weighted by molar-refractivity contribution is 0.103. The molecular formula is C23H20O4. The summed E-state index contributed by atoms with van der Waals surface area (Å²) in [6.45, 7) is 1.83. The van der Waals surface area contributed by atoms with Gasteiger partial charge in [0, 0.05) is 17.0 Å². The molecule has 2 aromatic carbocycles. The molecule has 27 heavy (non-hydrogen) atoms. The van der Waals surface area contributed by atoms with Crippen LogP contribution in [0, 0.1) is 6.92 Å². The molecule has 0 saturated heterocycles. The van der Waals surface area contributed by atoms with E-state index in [0.717, 1.165) is 30.2 Å². The first kappa shape index (κ1) is 17.3. The second kappa shape index (κ2) is 7.23. The number of allylic oxidation sites excluding steroid dienone is 1. The van der Waals surface area contributed by atoms with Gasteiger partial charge in [-0.15, -0.1) is 0 Å². The van der Waals surface area contributed by atoms with Crippen LogP contribution < -0.4 is 10.4 Å². The molecule has 4 nitrogen and oxygen atoms in total. The van der Waals surface area contributed by atoms with Gasteiger partial charge in [0.1, 0.15) is 17.4 Å². The Morgan fingerprint density at radius 3 is 2.70 bits per heavy atom. The highest BCUT2D eigenvalue weighted by Gasteiger charge is 2.23. The fourth-order valence-corrected chi connectivity index (χ4v) is 3.46. The highest BCUT2D eigenvalue weighted by atomic mass is 16.5. The van der Waals surface area contributed by atoms with Crippen LogP contribution in [0.3, 0.4) is 0 Å². The monoisotopic (exact) mass is 360 g/mol. The molecule has 1 aromatic heterocycles. The Morgan fingerprint density at radius 1 is 1.15 bits per heavy atom. The van der Waals surface area contributed by atoms with Gasteiger partial charge in [0.2, 0.25) is 5.78 Å². The number of aryl methyl sites for hydroxylation is 1. The summed E-state index contributed by atoms with van der Waals surface area (Å²) in [7, 11) is 0. The van der Waals surface area contributed by atoms with Crippen molar-refractivity contribution in [3.05, 3.63) is 87.8 Å². The minimum Gasteiger partial charge on any atom is -0.485 e. The largest absolute Gasteiger partial charge is 0.485 e. The second-order valence-corrected chi connectivity index (χ2v) is 6.77. The Bertz CT molecular complexity index is 1080. The average molecular weight is 360 g/mol. The zero-order valence-electron chi connectivity index (χ0n) is 15.1. The number of fused-ring (bicyclic) bond motifs is 1. The van der Waals surface area contributed by atoms with Gasteiger partial charge < -0.3 is 9.15 Å². The summed E-state index contributed by atoms with van der Waals surface area (Å²) in [5, 5.41) is 0.736. The first-order valence-corrected chi connectivity index (χ1v) is 9.14. The maximum absolute atomic E-state index is 13.3. The van der Waals surface area contributed by atoms with Gasteiger partial charge in [-0.3, -0.25) is 4.79 Å². The van der Waals surface area contributed by atoms with Crippen molar-refractivity contribution in [3.8, 4) is 5.75 Å². The molecule has 0 N–H and O–H groups in total. The van der Waals surface area contributed by atoms with Crippen molar-refractivity contribution in [3.63, 3.8) is 0 Å². The van der Waals surface area contributed by atoms with Gasteiger partial charge in [0.25, 0.3) is 0 Å². The minimum atomic E-state index is -0.475. The van der Waals surface area contributed by atoms with Crippen LogP contribution in [-0.4, -0.2) is 11.9 Å². The molecule has 4 rings (SSSR count). The van der Waals surface area contributed by atoms with E-state index in [4.69, 9.17) is 9.15 Å². The maximum atomic E-state index is 13.3. The average Bonchev–Trinajstić information content (AvgIpc) is 2.68. The van der Waals surface area contributed by atoms with Crippen molar-refractivity contribution < 1.29 is 13.9 Å². The number of hydrogen-bond donors (Lipinski definition) is 0. The van der Waals surface area contributed by atoms with E-state index in [1.807, 2.05) is 37.3 Å². The summed E-state index contributed by atoms with van der Waals surface area (Å²) in [6.07, 6.45) is 7.02. The van der Waals surface area contributed by atoms with Gasteiger partial charge in [0.15, 0.2) is 5.58 Å². The third-order valence-electron chi connectivity index (χ3n) is 4.83. The third kappa shape index (κ3) is 3.43. The zero-order chi connectivity index (χ0) is 18.8. The van der Waals surface area contributed by atoms with Gasteiger partial charge in [-0.05, 0) is 50.0 Å². The molecular weight excluding hydrogens is 340 g/mol. The van der Waals surface area contributed by atoms with Crippen LogP contribution in [0.1, 0.15) is 40.7 Å². The van der Waals surface area contributed by atoms with Crippen LogP contribution in [0.15, 0.2) is 69.9 Å². The van der Waals surface area contributed by atoms with Gasteiger partial charge in [-0.25, -0.2) is 4.79 Å². The summed E-state index contributed by atoms with van der Waals surface area (Å²) in [5.74, 6) is 0.228. The van der Waals surface area contributed by atoms with Gasteiger partial charge in [-0.1, -0.05) is 36.4 Å². The molecule has 0 aliphatic heterocycles. The lowest BCUT2D eigenvalue weighted by atomic mass is 9.98. The minimum absolute atomic E-state index is 0.0879. The van der Waals surface area contributed by atoms with Crippen LogP contribution in [0.5, 0.6) is 5.75 Å². The molecule has 1 unspecified atom stereocenters. The van der Waals surface area contributed by atoms with E-state index in [2.05, 4.69) is 6.08 Å². The topological polar surface area (TPSA) is 56.5 Å². The van der Waals surface area contributed by atoms with Crippen molar-refractivity contribution in [2.24, 2.45) is 0 Å². The number of carbonyl (C=O) groups is 1. The molecule has 0 spiro atoms. The van der Waals surface area contributed by atoms with Crippen molar-refractivity contribution in [1.29, 1.82) is 0 Å².